The second-order valence-electron chi connectivity index (χ2n) is 6.22. The van der Waals surface area contributed by atoms with Crippen molar-refractivity contribution in [3.8, 4) is 0 Å². The van der Waals surface area contributed by atoms with E-state index in [1.54, 1.807) is 0 Å². The standard InChI is InChI=1S/C17H24N2.ClH/c1-17(2,12-18)13-19(3)11-14-8-9-15-6-4-5-7-16(15)10-14;/h4-10H,11-13,18H2,1-3H3;1H. The van der Waals surface area contributed by atoms with Crippen LogP contribution in [0.4, 0.5) is 0 Å². The van der Waals surface area contributed by atoms with Crippen LogP contribution in [0, 0.1) is 5.41 Å². The smallest absolute Gasteiger partial charge is 0.0231 e. The van der Waals surface area contributed by atoms with E-state index in [-0.39, 0.29) is 17.8 Å². The van der Waals surface area contributed by atoms with Crippen molar-refractivity contribution in [3.05, 3.63) is 48.0 Å². The highest BCUT2D eigenvalue weighted by atomic mass is 35.5. The minimum absolute atomic E-state index is 0. The van der Waals surface area contributed by atoms with Gasteiger partial charge in [0.2, 0.25) is 0 Å². The van der Waals surface area contributed by atoms with Gasteiger partial charge in [-0.15, -0.1) is 12.4 Å². The van der Waals surface area contributed by atoms with Gasteiger partial charge in [-0.3, -0.25) is 0 Å². The maximum atomic E-state index is 5.80. The third kappa shape index (κ3) is 4.48. The molecule has 0 aliphatic rings. The monoisotopic (exact) mass is 292 g/mol. The van der Waals surface area contributed by atoms with Gasteiger partial charge in [-0.05, 0) is 41.4 Å². The van der Waals surface area contributed by atoms with E-state index in [0.29, 0.717) is 0 Å². The van der Waals surface area contributed by atoms with E-state index in [4.69, 9.17) is 5.73 Å². The molecule has 0 bridgehead atoms. The fourth-order valence-electron chi connectivity index (χ4n) is 2.50. The van der Waals surface area contributed by atoms with Crippen molar-refractivity contribution >= 4 is 23.2 Å². The molecule has 2 aromatic rings. The molecule has 0 aliphatic carbocycles. The van der Waals surface area contributed by atoms with Crippen molar-refractivity contribution in [1.29, 1.82) is 0 Å². The van der Waals surface area contributed by atoms with Gasteiger partial charge in [0.1, 0.15) is 0 Å². The first-order valence-electron chi connectivity index (χ1n) is 6.86. The lowest BCUT2D eigenvalue weighted by molar-refractivity contribution is 0.210. The summed E-state index contributed by atoms with van der Waals surface area (Å²) in [4.78, 5) is 2.34. The Hall–Kier alpha value is -1.09. The summed E-state index contributed by atoms with van der Waals surface area (Å²) in [6, 6.07) is 15.2. The quantitative estimate of drug-likeness (QED) is 0.911. The molecule has 20 heavy (non-hydrogen) atoms. The Balaban J connectivity index is 0.00000200. The number of fused-ring (bicyclic) bond motifs is 1. The number of halogens is 1. The molecule has 0 saturated heterocycles. The Morgan fingerprint density at radius 3 is 2.35 bits per heavy atom. The Morgan fingerprint density at radius 2 is 1.70 bits per heavy atom. The number of rotatable bonds is 5. The summed E-state index contributed by atoms with van der Waals surface area (Å²) in [6.45, 7) is 7.12. The first kappa shape index (κ1) is 17.0. The maximum Gasteiger partial charge on any atom is 0.0231 e. The number of nitrogens with two attached hydrogens (primary N) is 1. The van der Waals surface area contributed by atoms with Crippen LogP contribution in [0.2, 0.25) is 0 Å². The molecule has 0 radical (unpaired) electrons. The molecule has 0 atom stereocenters. The molecule has 2 nitrogen and oxygen atoms in total. The lowest BCUT2D eigenvalue weighted by Gasteiger charge is -2.29. The predicted octanol–water partition coefficient (Wildman–Crippen LogP) is 3.68. The van der Waals surface area contributed by atoms with E-state index >= 15 is 0 Å². The van der Waals surface area contributed by atoms with Gasteiger partial charge in [0.25, 0.3) is 0 Å². The molecule has 110 valence electrons. The molecule has 0 aliphatic heterocycles. The van der Waals surface area contributed by atoms with Crippen LogP contribution in [0.1, 0.15) is 19.4 Å². The van der Waals surface area contributed by atoms with Gasteiger partial charge in [-0.25, -0.2) is 0 Å². The van der Waals surface area contributed by atoms with Crippen LogP contribution in [0.5, 0.6) is 0 Å². The zero-order valence-electron chi connectivity index (χ0n) is 12.6. The van der Waals surface area contributed by atoms with Crippen LogP contribution in [0.15, 0.2) is 42.5 Å². The molecule has 3 heteroatoms. The molecule has 0 amide bonds. The Kier molecular flexibility index (Phi) is 6.00. The molecular formula is C17H25ClN2. The van der Waals surface area contributed by atoms with E-state index in [2.05, 4.69) is 68.3 Å². The van der Waals surface area contributed by atoms with Gasteiger partial charge >= 0.3 is 0 Å². The summed E-state index contributed by atoms with van der Waals surface area (Å²) >= 11 is 0. The maximum absolute atomic E-state index is 5.80. The highest BCUT2D eigenvalue weighted by Gasteiger charge is 2.17. The number of hydrogen-bond donors (Lipinski definition) is 1. The zero-order chi connectivity index (χ0) is 13.9. The number of nitrogens with zero attached hydrogens (tertiary/aromatic N) is 1. The normalized spacial score (nSPS) is 11.7. The summed E-state index contributed by atoms with van der Waals surface area (Å²) in [7, 11) is 2.16. The van der Waals surface area contributed by atoms with Crippen molar-refractivity contribution in [2.45, 2.75) is 20.4 Å². The molecule has 2 N–H and O–H groups in total. The summed E-state index contributed by atoms with van der Waals surface area (Å²) in [5.41, 5.74) is 7.32. The molecule has 0 heterocycles. The van der Waals surface area contributed by atoms with Crippen LogP contribution in [-0.4, -0.2) is 25.0 Å². The zero-order valence-corrected chi connectivity index (χ0v) is 13.4. The molecule has 0 saturated carbocycles. The van der Waals surface area contributed by atoms with Crippen molar-refractivity contribution < 1.29 is 0 Å². The second-order valence-corrected chi connectivity index (χ2v) is 6.22. The van der Waals surface area contributed by atoms with E-state index in [9.17, 15) is 0 Å². The summed E-state index contributed by atoms with van der Waals surface area (Å²) in [5, 5.41) is 2.61. The fourth-order valence-corrected chi connectivity index (χ4v) is 2.50. The lowest BCUT2D eigenvalue weighted by Crippen LogP contribution is -2.36. The van der Waals surface area contributed by atoms with Gasteiger partial charge in [-0.2, -0.15) is 0 Å². The van der Waals surface area contributed by atoms with Crippen molar-refractivity contribution in [1.82, 2.24) is 4.90 Å². The first-order valence-corrected chi connectivity index (χ1v) is 6.86. The van der Waals surface area contributed by atoms with Gasteiger partial charge in [0, 0.05) is 13.1 Å². The summed E-state index contributed by atoms with van der Waals surface area (Å²) in [5.74, 6) is 0. The molecule has 2 aromatic carbocycles. The molecule has 2 rings (SSSR count). The number of benzene rings is 2. The van der Waals surface area contributed by atoms with Crippen molar-refractivity contribution in [2.24, 2.45) is 11.1 Å². The van der Waals surface area contributed by atoms with Crippen LogP contribution in [0.25, 0.3) is 10.8 Å². The van der Waals surface area contributed by atoms with Gasteiger partial charge in [0.15, 0.2) is 0 Å². The Labute approximate surface area is 128 Å². The van der Waals surface area contributed by atoms with Crippen molar-refractivity contribution in [3.63, 3.8) is 0 Å². The highest BCUT2D eigenvalue weighted by Crippen LogP contribution is 2.19. The summed E-state index contributed by atoms with van der Waals surface area (Å²) < 4.78 is 0. The minimum Gasteiger partial charge on any atom is -0.330 e. The van der Waals surface area contributed by atoms with Gasteiger partial charge < -0.3 is 10.6 Å². The van der Waals surface area contributed by atoms with E-state index in [1.165, 1.54) is 16.3 Å². The third-order valence-electron chi connectivity index (χ3n) is 3.52. The van der Waals surface area contributed by atoms with Gasteiger partial charge in [0.05, 0.1) is 0 Å². The van der Waals surface area contributed by atoms with Crippen LogP contribution in [-0.2, 0) is 6.54 Å². The van der Waals surface area contributed by atoms with E-state index in [1.807, 2.05) is 0 Å². The first-order chi connectivity index (χ1) is 9.00. The van der Waals surface area contributed by atoms with E-state index < -0.39 is 0 Å². The van der Waals surface area contributed by atoms with E-state index in [0.717, 1.165) is 19.6 Å². The Morgan fingerprint density at radius 1 is 1.05 bits per heavy atom. The lowest BCUT2D eigenvalue weighted by atomic mass is 9.93. The molecule has 0 spiro atoms. The highest BCUT2D eigenvalue weighted by molar-refractivity contribution is 5.85. The summed E-state index contributed by atoms with van der Waals surface area (Å²) in [6.07, 6.45) is 0. The molecule has 0 aromatic heterocycles. The second kappa shape index (κ2) is 7.07. The molecule has 0 unspecified atom stereocenters. The predicted molar refractivity (Wildman–Crippen MR) is 90.4 cm³/mol. The van der Waals surface area contributed by atoms with Crippen LogP contribution >= 0.6 is 12.4 Å². The minimum atomic E-state index is 0. The Bertz CT molecular complexity index is 551. The average Bonchev–Trinajstić information content (AvgIpc) is 2.38. The van der Waals surface area contributed by atoms with Crippen LogP contribution < -0.4 is 5.73 Å². The molecular weight excluding hydrogens is 268 g/mol. The van der Waals surface area contributed by atoms with Crippen LogP contribution in [0.3, 0.4) is 0 Å². The average molecular weight is 293 g/mol. The number of hydrogen-bond acceptors (Lipinski definition) is 2. The van der Waals surface area contributed by atoms with Gasteiger partial charge in [-0.1, -0.05) is 50.2 Å². The van der Waals surface area contributed by atoms with Crippen molar-refractivity contribution in [2.75, 3.05) is 20.1 Å². The topological polar surface area (TPSA) is 29.3 Å². The fraction of sp³-hybridized carbons (Fsp3) is 0.412. The largest absolute Gasteiger partial charge is 0.330 e. The third-order valence-corrected chi connectivity index (χ3v) is 3.52. The molecule has 0 fully saturated rings. The SMILES string of the molecule is CN(Cc1ccc2ccccc2c1)CC(C)(C)CN.Cl.